The van der Waals surface area contributed by atoms with Gasteiger partial charge in [0.15, 0.2) is 0 Å². The second-order valence-corrected chi connectivity index (χ2v) is 11.9. The van der Waals surface area contributed by atoms with E-state index in [-0.39, 0.29) is 16.1 Å². The SMILES string of the molecule is CC(C)Cc1ccc(S(=O)(=O)Nc2cnc(N(CC(C)C)CC(C)C)c(C(=O)O)c2)cc1.O=C(O)C(F)(F)F. The van der Waals surface area contributed by atoms with Crippen molar-refractivity contribution >= 4 is 33.5 Å². The normalized spacial score (nSPS) is 11.8. The third kappa shape index (κ3) is 11.5. The lowest BCUT2D eigenvalue weighted by molar-refractivity contribution is -0.192. The van der Waals surface area contributed by atoms with Gasteiger partial charge in [-0.05, 0) is 47.9 Å². The van der Waals surface area contributed by atoms with Gasteiger partial charge in [0.25, 0.3) is 10.0 Å². The number of pyridine rings is 1. The van der Waals surface area contributed by atoms with Crippen LogP contribution in [-0.2, 0) is 21.2 Å². The van der Waals surface area contributed by atoms with Crippen LogP contribution in [0.2, 0.25) is 0 Å². The number of carbonyl (C=O) groups is 2. The van der Waals surface area contributed by atoms with Crippen LogP contribution in [0.15, 0.2) is 41.4 Å². The van der Waals surface area contributed by atoms with Gasteiger partial charge in [0.1, 0.15) is 11.4 Å². The van der Waals surface area contributed by atoms with Crippen LogP contribution in [0.5, 0.6) is 0 Å². The molecular weight excluding hydrogens is 539 g/mol. The van der Waals surface area contributed by atoms with Crippen LogP contribution in [0.4, 0.5) is 24.7 Å². The van der Waals surface area contributed by atoms with E-state index < -0.39 is 28.1 Å². The molecule has 0 atom stereocenters. The molecule has 0 amide bonds. The average Bonchev–Trinajstić information content (AvgIpc) is 2.77. The molecule has 218 valence electrons. The molecule has 13 heteroatoms. The number of hydrogen-bond donors (Lipinski definition) is 3. The predicted octanol–water partition coefficient (Wildman–Crippen LogP) is 5.53. The summed E-state index contributed by atoms with van der Waals surface area (Å²) in [6.07, 6.45) is -2.84. The lowest BCUT2D eigenvalue weighted by Crippen LogP contribution is -2.33. The summed E-state index contributed by atoms with van der Waals surface area (Å²) in [6.45, 7) is 13.7. The topological polar surface area (TPSA) is 137 Å². The average molecular weight is 576 g/mol. The number of aromatic carboxylic acids is 1. The first-order valence-electron chi connectivity index (χ1n) is 12.2. The molecule has 2 aromatic rings. The Balaban J connectivity index is 0.000000956. The van der Waals surface area contributed by atoms with E-state index in [4.69, 9.17) is 9.90 Å². The van der Waals surface area contributed by atoms with Crippen molar-refractivity contribution in [3.05, 3.63) is 47.7 Å². The minimum atomic E-state index is -5.08. The minimum absolute atomic E-state index is 0.0289. The Bertz CT molecular complexity index is 1200. The number of carboxylic acids is 2. The van der Waals surface area contributed by atoms with Crippen LogP contribution in [-0.4, -0.2) is 54.8 Å². The van der Waals surface area contributed by atoms with E-state index in [2.05, 4.69) is 51.2 Å². The molecule has 0 saturated heterocycles. The van der Waals surface area contributed by atoms with Gasteiger partial charge in [0, 0.05) is 13.1 Å². The lowest BCUT2D eigenvalue weighted by atomic mass is 10.0. The van der Waals surface area contributed by atoms with Crippen molar-refractivity contribution < 1.29 is 41.4 Å². The zero-order valence-electron chi connectivity index (χ0n) is 22.8. The molecule has 0 radical (unpaired) electrons. The summed E-state index contributed by atoms with van der Waals surface area (Å²) in [4.78, 5) is 27.3. The van der Waals surface area contributed by atoms with Crippen molar-refractivity contribution in [2.24, 2.45) is 17.8 Å². The molecule has 0 spiro atoms. The van der Waals surface area contributed by atoms with Crippen molar-refractivity contribution in [2.45, 2.75) is 59.0 Å². The summed E-state index contributed by atoms with van der Waals surface area (Å²) in [7, 11) is -3.87. The molecular formula is C26H36F3N3O6S. The number of benzene rings is 1. The third-order valence-electron chi connectivity index (χ3n) is 4.94. The summed E-state index contributed by atoms with van der Waals surface area (Å²) in [5, 5.41) is 16.9. The number of alkyl halides is 3. The fraction of sp³-hybridized carbons (Fsp3) is 0.500. The van der Waals surface area contributed by atoms with Gasteiger partial charge in [0.05, 0.1) is 16.8 Å². The maximum absolute atomic E-state index is 12.8. The van der Waals surface area contributed by atoms with Crippen LogP contribution in [0.25, 0.3) is 0 Å². The van der Waals surface area contributed by atoms with E-state index in [1.165, 1.54) is 12.3 Å². The van der Waals surface area contributed by atoms with Crippen molar-refractivity contribution in [3.63, 3.8) is 0 Å². The highest BCUT2D eigenvalue weighted by molar-refractivity contribution is 7.92. The van der Waals surface area contributed by atoms with Crippen LogP contribution in [0, 0.1) is 17.8 Å². The molecule has 1 heterocycles. The molecule has 0 aliphatic heterocycles. The Labute approximate surface area is 227 Å². The number of carboxylic acid groups (broad SMARTS) is 2. The molecule has 0 saturated carbocycles. The molecule has 0 unspecified atom stereocenters. The number of rotatable bonds is 11. The molecule has 0 bridgehead atoms. The summed E-state index contributed by atoms with van der Waals surface area (Å²) in [5.74, 6) is -2.46. The number of aliphatic carboxylic acids is 1. The van der Waals surface area contributed by atoms with Crippen LogP contribution in [0.3, 0.4) is 0 Å². The molecule has 0 aliphatic rings. The van der Waals surface area contributed by atoms with Crippen LogP contribution < -0.4 is 9.62 Å². The molecule has 2 rings (SSSR count). The summed E-state index contributed by atoms with van der Waals surface area (Å²) in [6, 6.07) is 8.06. The zero-order chi connectivity index (χ0) is 30.1. The van der Waals surface area contributed by atoms with E-state index in [1.54, 1.807) is 24.3 Å². The molecule has 3 N–H and O–H groups in total. The van der Waals surface area contributed by atoms with E-state index >= 15 is 0 Å². The molecule has 1 aromatic carbocycles. The Kier molecular flexibility index (Phi) is 12.2. The highest BCUT2D eigenvalue weighted by atomic mass is 32.2. The number of aromatic nitrogens is 1. The fourth-order valence-electron chi connectivity index (χ4n) is 3.54. The van der Waals surface area contributed by atoms with E-state index in [0.717, 1.165) is 12.0 Å². The van der Waals surface area contributed by atoms with Gasteiger partial charge in [-0.25, -0.2) is 23.0 Å². The number of nitrogens with zero attached hydrogens (tertiary/aromatic N) is 2. The van der Waals surface area contributed by atoms with Gasteiger partial charge in [-0.3, -0.25) is 4.72 Å². The van der Waals surface area contributed by atoms with Crippen molar-refractivity contribution in [1.29, 1.82) is 0 Å². The first kappa shape index (κ1) is 33.7. The van der Waals surface area contributed by atoms with Crippen LogP contribution in [0.1, 0.15) is 57.5 Å². The van der Waals surface area contributed by atoms with Gasteiger partial charge in [-0.1, -0.05) is 53.7 Å². The first-order valence-corrected chi connectivity index (χ1v) is 13.7. The molecule has 9 nitrogen and oxygen atoms in total. The lowest BCUT2D eigenvalue weighted by Gasteiger charge is -2.28. The standard InChI is InChI=1S/C24H35N3O4S.C2HF3O2/c1-16(2)11-19-7-9-21(10-8-19)32(30,31)26-20-12-22(24(28)29)23(25-13-20)27(14-17(3)4)15-18(5)6;3-2(4,5)1(6)7/h7-10,12-13,16-18,26H,11,14-15H2,1-6H3,(H,28,29);(H,6,7). The van der Waals surface area contributed by atoms with Crippen molar-refractivity contribution in [1.82, 2.24) is 4.98 Å². The maximum atomic E-state index is 12.8. The Morgan fingerprint density at radius 2 is 1.44 bits per heavy atom. The largest absolute Gasteiger partial charge is 0.490 e. The highest BCUT2D eigenvalue weighted by Gasteiger charge is 2.38. The molecule has 0 aliphatic carbocycles. The first-order chi connectivity index (χ1) is 17.8. The number of halogens is 3. The van der Waals surface area contributed by atoms with E-state index in [9.17, 15) is 31.5 Å². The molecule has 1 aromatic heterocycles. The predicted molar refractivity (Wildman–Crippen MR) is 143 cm³/mol. The molecule has 0 fully saturated rings. The number of sulfonamides is 1. The zero-order valence-corrected chi connectivity index (χ0v) is 23.6. The second-order valence-electron chi connectivity index (χ2n) is 10.2. The van der Waals surface area contributed by atoms with Gasteiger partial charge in [-0.15, -0.1) is 0 Å². The maximum Gasteiger partial charge on any atom is 0.490 e. The minimum Gasteiger partial charge on any atom is -0.478 e. The summed E-state index contributed by atoms with van der Waals surface area (Å²) >= 11 is 0. The second kappa shape index (κ2) is 14.2. The number of hydrogen-bond acceptors (Lipinski definition) is 6. The Hall–Kier alpha value is -3.35. The summed E-state index contributed by atoms with van der Waals surface area (Å²) in [5.41, 5.74) is 1.15. The van der Waals surface area contributed by atoms with E-state index in [0.29, 0.717) is 36.7 Å². The van der Waals surface area contributed by atoms with Crippen LogP contribution >= 0.6 is 0 Å². The van der Waals surface area contributed by atoms with Crippen molar-refractivity contribution in [3.8, 4) is 0 Å². The van der Waals surface area contributed by atoms with Gasteiger partial charge < -0.3 is 15.1 Å². The highest BCUT2D eigenvalue weighted by Crippen LogP contribution is 2.25. The van der Waals surface area contributed by atoms with Crippen molar-refractivity contribution in [2.75, 3.05) is 22.7 Å². The Morgan fingerprint density at radius 3 is 1.82 bits per heavy atom. The fourth-order valence-corrected chi connectivity index (χ4v) is 4.58. The smallest absolute Gasteiger partial charge is 0.478 e. The van der Waals surface area contributed by atoms with Gasteiger partial charge in [-0.2, -0.15) is 13.2 Å². The number of anilines is 2. The van der Waals surface area contributed by atoms with Gasteiger partial charge in [0.2, 0.25) is 0 Å². The Morgan fingerprint density at radius 1 is 0.949 bits per heavy atom. The number of nitrogens with one attached hydrogen (secondary N) is 1. The summed E-state index contributed by atoms with van der Waals surface area (Å²) < 4.78 is 59.9. The monoisotopic (exact) mass is 575 g/mol. The van der Waals surface area contributed by atoms with E-state index in [1.807, 2.05) is 4.90 Å². The molecule has 39 heavy (non-hydrogen) atoms. The van der Waals surface area contributed by atoms with Gasteiger partial charge >= 0.3 is 18.1 Å². The quantitative estimate of drug-likeness (QED) is 0.318. The third-order valence-corrected chi connectivity index (χ3v) is 6.34.